The summed E-state index contributed by atoms with van der Waals surface area (Å²) in [6.07, 6.45) is 7.34. The monoisotopic (exact) mass is 417 g/mol. The van der Waals surface area contributed by atoms with E-state index in [1.165, 1.54) is 0 Å². The van der Waals surface area contributed by atoms with Gasteiger partial charge in [-0.3, -0.25) is 4.90 Å². The van der Waals surface area contributed by atoms with Crippen molar-refractivity contribution < 1.29 is 4.79 Å². The Bertz CT molecular complexity index is 1080. The summed E-state index contributed by atoms with van der Waals surface area (Å²) in [4.78, 5) is 17.9. The minimum atomic E-state index is -0.290. The molecule has 3 aromatic carbocycles. The van der Waals surface area contributed by atoms with Gasteiger partial charge in [0.2, 0.25) is 0 Å². The van der Waals surface area contributed by atoms with Crippen LogP contribution in [0.3, 0.4) is 0 Å². The van der Waals surface area contributed by atoms with E-state index in [9.17, 15) is 4.79 Å². The number of para-hydroxylation sites is 1. The van der Waals surface area contributed by atoms with Gasteiger partial charge in [0.1, 0.15) is 0 Å². The fraction of sp³-hybridized carbons (Fsp3) is 0.0435. The van der Waals surface area contributed by atoms with E-state index in [0.717, 1.165) is 31.6 Å². The highest BCUT2D eigenvalue weighted by atomic mass is 32.2. The number of nitrogens with zero attached hydrogens (tertiary/aromatic N) is 2. The average molecular weight is 418 g/mol. The van der Waals surface area contributed by atoms with E-state index in [2.05, 4.69) is 22.7 Å². The Morgan fingerprint density at radius 2 is 1.76 bits per heavy atom. The third kappa shape index (κ3) is 4.39. The fourth-order valence-corrected chi connectivity index (χ4v) is 4.46. The van der Waals surface area contributed by atoms with Crippen LogP contribution in [-0.2, 0) is 0 Å². The standard InChI is InChI=1S/C23H19N3OS2/c1-28-18-13-14-22-20(16-18)26(19-11-5-6-12-21(19)29-22)23(27)25-24-15-7-10-17-8-3-2-4-9-17/h2-16H,1H3,(H,25,27)/b10-7+,24-15+. The molecule has 0 aliphatic carbocycles. The van der Waals surface area contributed by atoms with Gasteiger partial charge in [-0.25, -0.2) is 10.2 Å². The van der Waals surface area contributed by atoms with Crippen molar-refractivity contribution in [2.75, 3.05) is 11.2 Å². The minimum Gasteiger partial charge on any atom is -0.259 e. The van der Waals surface area contributed by atoms with E-state index in [4.69, 9.17) is 0 Å². The van der Waals surface area contributed by atoms with Crippen LogP contribution >= 0.6 is 23.5 Å². The summed E-state index contributed by atoms with van der Waals surface area (Å²) in [5, 5.41) is 4.08. The number of allylic oxidation sites excluding steroid dienone is 1. The molecule has 0 radical (unpaired) electrons. The van der Waals surface area contributed by atoms with Gasteiger partial charge in [0.15, 0.2) is 0 Å². The maximum atomic E-state index is 13.0. The summed E-state index contributed by atoms with van der Waals surface area (Å²) in [6, 6.07) is 23.7. The van der Waals surface area contributed by atoms with Crippen LogP contribution in [0.25, 0.3) is 6.08 Å². The van der Waals surface area contributed by atoms with Crippen LogP contribution < -0.4 is 10.3 Å². The number of hydrogen-bond acceptors (Lipinski definition) is 4. The summed E-state index contributed by atoms with van der Waals surface area (Å²) >= 11 is 3.32. The molecule has 6 heteroatoms. The number of hydrazone groups is 1. The van der Waals surface area contributed by atoms with E-state index in [1.54, 1.807) is 40.7 Å². The van der Waals surface area contributed by atoms with Gasteiger partial charge in [0.25, 0.3) is 0 Å². The van der Waals surface area contributed by atoms with Gasteiger partial charge < -0.3 is 0 Å². The second-order valence-corrected chi connectivity index (χ2v) is 8.17. The van der Waals surface area contributed by atoms with Crippen molar-refractivity contribution in [2.45, 2.75) is 14.7 Å². The van der Waals surface area contributed by atoms with Crippen molar-refractivity contribution in [3.8, 4) is 0 Å². The number of nitrogens with one attached hydrogen (secondary N) is 1. The molecular formula is C23H19N3OS2. The number of benzene rings is 3. The third-order valence-corrected chi connectivity index (χ3v) is 6.20. The molecule has 1 aliphatic heterocycles. The van der Waals surface area contributed by atoms with Gasteiger partial charge in [-0.2, -0.15) is 5.10 Å². The Labute approximate surface area is 178 Å². The maximum Gasteiger partial charge on any atom is 0.346 e. The average Bonchev–Trinajstić information content (AvgIpc) is 2.77. The van der Waals surface area contributed by atoms with Crippen LogP contribution in [0.15, 0.2) is 98.7 Å². The molecule has 144 valence electrons. The summed E-state index contributed by atoms with van der Waals surface area (Å²) < 4.78 is 0. The number of fused-ring (bicyclic) bond motifs is 2. The lowest BCUT2D eigenvalue weighted by Gasteiger charge is -2.30. The summed E-state index contributed by atoms with van der Waals surface area (Å²) in [7, 11) is 0. The highest BCUT2D eigenvalue weighted by Crippen LogP contribution is 2.48. The van der Waals surface area contributed by atoms with Crippen molar-refractivity contribution in [1.29, 1.82) is 0 Å². The van der Waals surface area contributed by atoms with Crippen LogP contribution in [0.4, 0.5) is 16.2 Å². The number of rotatable bonds is 4. The molecule has 0 saturated heterocycles. The lowest BCUT2D eigenvalue weighted by molar-refractivity contribution is 0.249. The molecule has 0 aromatic heterocycles. The first-order chi connectivity index (χ1) is 14.3. The first-order valence-electron chi connectivity index (χ1n) is 9.06. The van der Waals surface area contributed by atoms with Crippen molar-refractivity contribution in [3.05, 3.63) is 84.4 Å². The van der Waals surface area contributed by atoms with E-state index in [1.807, 2.05) is 73.0 Å². The molecule has 4 rings (SSSR count). The van der Waals surface area contributed by atoms with Gasteiger partial charge in [-0.05, 0) is 48.2 Å². The molecule has 0 unspecified atom stereocenters. The smallest absolute Gasteiger partial charge is 0.259 e. The van der Waals surface area contributed by atoms with Crippen molar-refractivity contribution in [3.63, 3.8) is 0 Å². The molecule has 0 spiro atoms. The number of amides is 2. The first kappa shape index (κ1) is 19.4. The molecule has 3 aromatic rings. The SMILES string of the molecule is CSc1ccc2c(c1)N(C(=O)N/N=C/C=C/c1ccccc1)c1ccccc1S2. The molecule has 0 saturated carbocycles. The largest absolute Gasteiger partial charge is 0.346 e. The van der Waals surface area contributed by atoms with Gasteiger partial charge >= 0.3 is 6.03 Å². The Morgan fingerprint density at radius 3 is 2.59 bits per heavy atom. The predicted octanol–water partition coefficient (Wildman–Crippen LogP) is 6.42. The third-order valence-electron chi connectivity index (χ3n) is 4.35. The molecule has 2 amide bonds. The van der Waals surface area contributed by atoms with Crippen molar-refractivity contribution in [1.82, 2.24) is 5.43 Å². The molecule has 0 atom stereocenters. The molecule has 0 fully saturated rings. The number of carbonyl (C=O) groups is 1. The number of anilines is 2. The minimum absolute atomic E-state index is 0.290. The number of hydrogen-bond donors (Lipinski definition) is 1. The lowest BCUT2D eigenvalue weighted by Crippen LogP contribution is -2.35. The molecule has 1 N–H and O–H groups in total. The summed E-state index contributed by atoms with van der Waals surface area (Å²) in [5.74, 6) is 0. The molecule has 29 heavy (non-hydrogen) atoms. The second kappa shape index (κ2) is 9.03. The van der Waals surface area contributed by atoms with Crippen LogP contribution in [0.1, 0.15) is 5.56 Å². The maximum absolute atomic E-state index is 13.0. The van der Waals surface area contributed by atoms with Crippen LogP contribution in [0.2, 0.25) is 0 Å². The number of thioether (sulfide) groups is 1. The summed E-state index contributed by atoms with van der Waals surface area (Å²) in [5.41, 5.74) is 5.45. The van der Waals surface area contributed by atoms with E-state index in [0.29, 0.717) is 0 Å². The zero-order chi connectivity index (χ0) is 20.1. The Kier molecular flexibility index (Phi) is 6.03. The molecule has 4 nitrogen and oxygen atoms in total. The molecule has 1 aliphatic rings. The van der Waals surface area contributed by atoms with E-state index < -0.39 is 0 Å². The van der Waals surface area contributed by atoms with Crippen molar-refractivity contribution >= 4 is 53.2 Å². The zero-order valence-electron chi connectivity index (χ0n) is 15.8. The topological polar surface area (TPSA) is 44.7 Å². The predicted molar refractivity (Wildman–Crippen MR) is 123 cm³/mol. The quantitative estimate of drug-likeness (QED) is 0.303. The molecule has 0 bridgehead atoms. The molecular weight excluding hydrogens is 398 g/mol. The lowest BCUT2D eigenvalue weighted by atomic mass is 10.2. The van der Waals surface area contributed by atoms with Crippen LogP contribution in [0, 0.1) is 0 Å². The zero-order valence-corrected chi connectivity index (χ0v) is 17.4. The van der Waals surface area contributed by atoms with Gasteiger partial charge in [0, 0.05) is 20.9 Å². The van der Waals surface area contributed by atoms with Crippen LogP contribution in [0.5, 0.6) is 0 Å². The highest BCUT2D eigenvalue weighted by molar-refractivity contribution is 8.00. The Hall–Kier alpha value is -2.96. The van der Waals surface area contributed by atoms with E-state index >= 15 is 0 Å². The highest BCUT2D eigenvalue weighted by Gasteiger charge is 2.28. The summed E-state index contributed by atoms with van der Waals surface area (Å²) in [6.45, 7) is 0. The number of carbonyl (C=O) groups excluding carboxylic acids is 1. The molecule has 1 heterocycles. The number of urea groups is 1. The van der Waals surface area contributed by atoms with E-state index in [-0.39, 0.29) is 6.03 Å². The van der Waals surface area contributed by atoms with Gasteiger partial charge in [-0.15, -0.1) is 11.8 Å². The fourth-order valence-electron chi connectivity index (χ4n) is 2.98. The first-order valence-corrected chi connectivity index (χ1v) is 11.1. The van der Waals surface area contributed by atoms with Gasteiger partial charge in [0.05, 0.1) is 11.4 Å². The van der Waals surface area contributed by atoms with Crippen molar-refractivity contribution in [2.24, 2.45) is 5.10 Å². The second-order valence-electron chi connectivity index (χ2n) is 6.20. The van der Waals surface area contributed by atoms with Gasteiger partial charge in [-0.1, -0.05) is 60.3 Å². The van der Waals surface area contributed by atoms with Crippen LogP contribution in [-0.4, -0.2) is 18.5 Å². The Morgan fingerprint density at radius 1 is 1.00 bits per heavy atom. The Balaban J connectivity index is 1.56. The normalized spacial score (nSPS) is 12.8.